The third kappa shape index (κ3) is 3.66. The van der Waals surface area contributed by atoms with Crippen molar-refractivity contribution in [3.8, 4) is 6.07 Å². The lowest BCUT2D eigenvalue weighted by Gasteiger charge is -2.08. The SMILES string of the molecule is CCCCc1ccc(NCc2cc(C#N)n(C)c2C)cc1. The van der Waals surface area contributed by atoms with Crippen LogP contribution in [0.1, 0.15) is 42.3 Å². The van der Waals surface area contributed by atoms with Crippen LogP contribution in [0.3, 0.4) is 0 Å². The molecule has 2 rings (SSSR count). The number of hydrogen-bond acceptors (Lipinski definition) is 2. The van der Waals surface area contributed by atoms with Crippen LogP contribution in [0.2, 0.25) is 0 Å². The summed E-state index contributed by atoms with van der Waals surface area (Å²) in [5, 5.41) is 12.5. The molecule has 0 atom stereocenters. The third-order valence-electron chi connectivity index (χ3n) is 4.01. The van der Waals surface area contributed by atoms with Crippen LogP contribution < -0.4 is 5.32 Å². The maximum Gasteiger partial charge on any atom is 0.120 e. The fourth-order valence-electron chi connectivity index (χ4n) is 2.42. The van der Waals surface area contributed by atoms with Gasteiger partial charge in [-0.1, -0.05) is 25.5 Å². The monoisotopic (exact) mass is 281 g/mol. The Bertz CT molecular complexity index is 630. The van der Waals surface area contributed by atoms with Gasteiger partial charge in [0.15, 0.2) is 0 Å². The minimum absolute atomic E-state index is 0.708. The van der Waals surface area contributed by atoms with Crippen LogP contribution in [0.5, 0.6) is 0 Å². The molecule has 1 aromatic carbocycles. The van der Waals surface area contributed by atoms with E-state index in [4.69, 9.17) is 5.26 Å². The molecule has 0 amide bonds. The first-order valence-corrected chi connectivity index (χ1v) is 7.53. The van der Waals surface area contributed by atoms with Gasteiger partial charge < -0.3 is 9.88 Å². The molecule has 0 unspecified atom stereocenters. The molecule has 2 aromatic rings. The average molecular weight is 281 g/mol. The van der Waals surface area contributed by atoms with Gasteiger partial charge in [0, 0.05) is 25.0 Å². The molecule has 21 heavy (non-hydrogen) atoms. The number of aromatic nitrogens is 1. The number of nitriles is 1. The third-order valence-corrected chi connectivity index (χ3v) is 4.01. The van der Waals surface area contributed by atoms with Crippen molar-refractivity contribution < 1.29 is 0 Å². The zero-order valence-electron chi connectivity index (χ0n) is 13.1. The van der Waals surface area contributed by atoms with Crippen LogP contribution in [0.25, 0.3) is 0 Å². The van der Waals surface area contributed by atoms with Gasteiger partial charge in [0.1, 0.15) is 11.8 Å². The van der Waals surface area contributed by atoms with Crippen LogP contribution in [0.15, 0.2) is 30.3 Å². The molecule has 110 valence electrons. The molecule has 1 N–H and O–H groups in total. The molecule has 0 aliphatic heterocycles. The first-order valence-electron chi connectivity index (χ1n) is 7.53. The molecular weight excluding hydrogens is 258 g/mol. The minimum Gasteiger partial charge on any atom is -0.381 e. The highest BCUT2D eigenvalue weighted by molar-refractivity contribution is 5.46. The number of nitrogens with zero attached hydrogens (tertiary/aromatic N) is 2. The van der Waals surface area contributed by atoms with E-state index in [9.17, 15) is 0 Å². The molecule has 0 aliphatic carbocycles. The zero-order chi connectivity index (χ0) is 15.2. The molecule has 0 radical (unpaired) electrons. The number of aryl methyl sites for hydroxylation is 1. The summed E-state index contributed by atoms with van der Waals surface area (Å²) >= 11 is 0. The average Bonchev–Trinajstić information content (AvgIpc) is 2.79. The van der Waals surface area contributed by atoms with Crippen molar-refractivity contribution in [1.29, 1.82) is 5.26 Å². The van der Waals surface area contributed by atoms with Gasteiger partial charge in [-0.3, -0.25) is 0 Å². The topological polar surface area (TPSA) is 40.8 Å². The molecule has 0 fully saturated rings. The number of anilines is 1. The lowest BCUT2D eigenvalue weighted by Crippen LogP contribution is -2.01. The second-order valence-electron chi connectivity index (χ2n) is 5.47. The molecule has 1 heterocycles. The first kappa shape index (κ1) is 15.2. The van der Waals surface area contributed by atoms with E-state index in [1.54, 1.807) is 0 Å². The summed E-state index contributed by atoms with van der Waals surface area (Å²) in [7, 11) is 1.93. The van der Waals surface area contributed by atoms with Crippen molar-refractivity contribution in [3.63, 3.8) is 0 Å². The normalized spacial score (nSPS) is 10.4. The van der Waals surface area contributed by atoms with E-state index in [-0.39, 0.29) is 0 Å². The summed E-state index contributed by atoms with van der Waals surface area (Å²) in [6, 6.07) is 12.8. The van der Waals surface area contributed by atoms with Gasteiger partial charge in [-0.05, 0) is 49.1 Å². The first-order chi connectivity index (χ1) is 10.2. The zero-order valence-corrected chi connectivity index (χ0v) is 13.1. The summed E-state index contributed by atoms with van der Waals surface area (Å²) in [5.74, 6) is 0. The summed E-state index contributed by atoms with van der Waals surface area (Å²) in [4.78, 5) is 0. The second-order valence-corrected chi connectivity index (χ2v) is 5.47. The molecule has 0 saturated carbocycles. The van der Waals surface area contributed by atoms with Crippen LogP contribution in [-0.2, 0) is 20.0 Å². The van der Waals surface area contributed by atoms with E-state index in [0.29, 0.717) is 5.69 Å². The van der Waals surface area contributed by atoms with Crippen LogP contribution in [-0.4, -0.2) is 4.57 Å². The van der Waals surface area contributed by atoms with E-state index in [1.807, 2.05) is 24.6 Å². The summed E-state index contributed by atoms with van der Waals surface area (Å²) in [6.45, 7) is 5.01. The standard InChI is InChI=1S/C18H23N3/c1-4-5-6-15-7-9-17(10-8-15)20-13-16-11-18(12-19)21(3)14(16)2/h7-11,20H,4-6,13H2,1-3H3. The Morgan fingerprint density at radius 3 is 2.52 bits per heavy atom. The Balaban J connectivity index is 1.98. The maximum absolute atomic E-state index is 9.05. The second kappa shape index (κ2) is 6.99. The molecular formula is C18H23N3. The molecule has 1 aromatic heterocycles. The van der Waals surface area contributed by atoms with Gasteiger partial charge >= 0.3 is 0 Å². The fraction of sp³-hybridized carbons (Fsp3) is 0.389. The van der Waals surface area contributed by atoms with Crippen molar-refractivity contribution >= 4 is 5.69 Å². The molecule has 3 heteroatoms. The Morgan fingerprint density at radius 1 is 1.24 bits per heavy atom. The van der Waals surface area contributed by atoms with E-state index in [1.165, 1.54) is 24.0 Å². The fourth-order valence-corrected chi connectivity index (χ4v) is 2.42. The lowest BCUT2D eigenvalue weighted by molar-refractivity contribution is 0.795. The van der Waals surface area contributed by atoms with Crippen molar-refractivity contribution in [2.24, 2.45) is 7.05 Å². The summed E-state index contributed by atoms with van der Waals surface area (Å²) < 4.78 is 1.94. The van der Waals surface area contributed by atoms with Gasteiger partial charge in [0.2, 0.25) is 0 Å². The lowest BCUT2D eigenvalue weighted by atomic mass is 10.1. The van der Waals surface area contributed by atoms with Crippen LogP contribution >= 0.6 is 0 Å². The smallest absolute Gasteiger partial charge is 0.120 e. The predicted octanol–water partition coefficient (Wildman–Crippen LogP) is 4.16. The van der Waals surface area contributed by atoms with E-state index < -0.39 is 0 Å². The summed E-state index contributed by atoms with van der Waals surface area (Å²) in [6.07, 6.45) is 3.63. The van der Waals surface area contributed by atoms with Gasteiger partial charge in [-0.25, -0.2) is 0 Å². The van der Waals surface area contributed by atoms with Gasteiger partial charge in [0.25, 0.3) is 0 Å². The number of nitrogens with one attached hydrogen (secondary N) is 1. The highest BCUT2D eigenvalue weighted by Gasteiger charge is 2.08. The highest BCUT2D eigenvalue weighted by atomic mass is 15.0. The maximum atomic E-state index is 9.05. The Hall–Kier alpha value is -2.21. The molecule has 0 spiro atoms. The van der Waals surface area contributed by atoms with Crippen LogP contribution in [0, 0.1) is 18.3 Å². The van der Waals surface area contributed by atoms with Crippen molar-refractivity contribution in [3.05, 3.63) is 52.8 Å². The Kier molecular flexibility index (Phi) is 5.05. The van der Waals surface area contributed by atoms with Crippen molar-refractivity contribution in [1.82, 2.24) is 4.57 Å². The van der Waals surface area contributed by atoms with E-state index in [2.05, 4.69) is 42.6 Å². The number of benzene rings is 1. The van der Waals surface area contributed by atoms with Gasteiger partial charge in [-0.15, -0.1) is 0 Å². The van der Waals surface area contributed by atoms with E-state index >= 15 is 0 Å². The largest absolute Gasteiger partial charge is 0.381 e. The predicted molar refractivity (Wildman–Crippen MR) is 87.2 cm³/mol. The highest BCUT2D eigenvalue weighted by Crippen LogP contribution is 2.17. The van der Waals surface area contributed by atoms with E-state index in [0.717, 1.165) is 24.3 Å². The number of unbranched alkanes of at least 4 members (excludes halogenated alkanes) is 1. The Labute approximate surface area is 127 Å². The van der Waals surface area contributed by atoms with Crippen molar-refractivity contribution in [2.45, 2.75) is 39.7 Å². The molecule has 3 nitrogen and oxygen atoms in total. The molecule has 0 aliphatic rings. The molecule has 0 bridgehead atoms. The minimum atomic E-state index is 0.708. The van der Waals surface area contributed by atoms with Gasteiger partial charge in [-0.2, -0.15) is 5.26 Å². The Morgan fingerprint density at radius 2 is 1.95 bits per heavy atom. The number of rotatable bonds is 6. The molecule has 0 saturated heterocycles. The van der Waals surface area contributed by atoms with Crippen LogP contribution in [0.4, 0.5) is 5.69 Å². The van der Waals surface area contributed by atoms with Gasteiger partial charge in [0.05, 0.1) is 0 Å². The number of hydrogen-bond donors (Lipinski definition) is 1. The quantitative estimate of drug-likeness (QED) is 0.863. The van der Waals surface area contributed by atoms with Crippen molar-refractivity contribution in [2.75, 3.05) is 5.32 Å². The summed E-state index contributed by atoms with van der Waals surface area (Å²) in [5.41, 5.74) is 5.53.